The van der Waals surface area contributed by atoms with Crippen molar-refractivity contribution in [1.29, 1.82) is 0 Å². The molecule has 1 saturated heterocycles. The third kappa shape index (κ3) is 6.10. The number of piperidine rings is 1. The number of hydrogen-bond acceptors (Lipinski definition) is 4. The van der Waals surface area contributed by atoms with Gasteiger partial charge >= 0.3 is 0 Å². The van der Waals surface area contributed by atoms with Crippen LogP contribution < -0.4 is 10.1 Å². The molecule has 3 aromatic rings. The highest BCUT2D eigenvalue weighted by Crippen LogP contribution is 2.28. The van der Waals surface area contributed by atoms with E-state index in [1.165, 1.54) is 15.4 Å². The number of hydrogen-bond donors (Lipinski definition) is 1. The Morgan fingerprint density at radius 3 is 1.97 bits per heavy atom. The van der Waals surface area contributed by atoms with Crippen LogP contribution in [0.3, 0.4) is 0 Å². The van der Waals surface area contributed by atoms with Gasteiger partial charge in [-0.3, -0.25) is 4.79 Å². The molecule has 0 saturated carbocycles. The SMILES string of the molecule is COc1ccc(S(=O)(=O)N2CCC(C(=O)NCCC(c3ccccc3)c3ccccc3)CC2)cc1. The Labute approximate surface area is 208 Å². The second-order valence-corrected chi connectivity index (χ2v) is 10.7. The van der Waals surface area contributed by atoms with E-state index in [0.29, 0.717) is 38.2 Å². The summed E-state index contributed by atoms with van der Waals surface area (Å²) in [5.41, 5.74) is 2.45. The molecule has 0 unspecified atom stereocenters. The maximum Gasteiger partial charge on any atom is 0.243 e. The van der Waals surface area contributed by atoms with Crippen LogP contribution in [-0.4, -0.2) is 45.4 Å². The first-order valence-corrected chi connectivity index (χ1v) is 13.4. The molecule has 0 spiro atoms. The molecule has 184 valence electrons. The minimum atomic E-state index is -3.58. The largest absolute Gasteiger partial charge is 0.497 e. The second-order valence-electron chi connectivity index (χ2n) is 8.81. The molecule has 4 rings (SSSR count). The molecule has 1 fully saturated rings. The minimum Gasteiger partial charge on any atom is -0.497 e. The van der Waals surface area contributed by atoms with E-state index in [1.807, 2.05) is 36.4 Å². The average molecular weight is 493 g/mol. The lowest BCUT2D eigenvalue weighted by atomic mass is 9.88. The highest BCUT2D eigenvalue weighted by atomic mass is 32.2. The summed E-state index contributed by atoms with van der Waals surface area (Å²) in [6.07, 6.45) is 1.83. The fraction of sp³-hybridized carbons (Fsp3) is 0.321. The van der Waals surface area contributed by atoms with Crippen LogP contribution in [0.25, 0.3) is 0 Å². The van der Waals surface area contributed by atoms with Crippen LogP contribution in [0.15, 0.2) is 89.8 Å². The molecule has 7 heteroatoms. The van der Waals surface area contributed by atoms with Crippen molar-refractivity contribution >= 4 is 15.9 Å². The summed E-state index contributed by atoms with van der Waals surface area (Å²) in [7, 11) is -2.04. The van der Waals surface area contributed by atoms with Gasteiger partial charge in [-0.15, -0.1) is 0 Å². The minimum absolute atomic E-state index is 0.00590. The zero-order valence-electron chi connectivity index (χ0n) is 20.0. The van der Waals surface area contributed by atoms with E-state index in [2.05, 4.69) is 29.6 Å². The predicted molar refractivity (Wildman–Crippen MR) is 137 cm³/mol. The van der Waals surface area contributed by atoms with Crippen LogP contribution in [0.1, 0.15) is 36.3 Å². The summed E-state index contributed by atoms with van der Waals surface area (Å²) in [6, 6.07) is 27.1. The van der Waals surface area contributed by atoms with E-state index >= 15 is 0 Å². The Morgan fingerprint density at radius 1 is 0.914 bits per heavy atom. The summed E-state index contributed by atoms with van der Waals surface area (Å²) in [4.78, 5) is 13.1. The molecule has 1 N–H and O–H groups in total. The Balaban J connectivity index is 1.31. The van der Waals surface area contributed by atoms with Crippen molar-refractivity contribution in [3.63, 3.8) is 0 Å². The van der Waals surface area contributed by atoms with E-state index < -0.39 is 10.0 Å². The van der Waals surface area contributed by atoms with Gasteiger partial charge in [-0.2, -0.15) is 4.31 Å². The lowest BCUT2D eigenvalue weighted by Crippen LogP contribution is -2.43. The standard InChI is InChI=1S/C28H32N2O4S/c1-34-25-12-14-26(15-13-25)35(32,33)30-20-17-24(18-21-30)28(31)29-19-16-27(22-8-4-2-5-9-22)23-10-6-3-7-11-23/h2-15,24,27H,16-21H2,1H3,(H,29,31). The van der Waals surface area contributed by atoms with Crippen LogP contribution in [0.4, 0.5) is 0 Å². The lowest BCUT2D eigenvalue weighted by molar-refractivity contribution is -0.126. The molecule has 6 nitrogen and oxygen atoms in total. The van der Waals surface area contributed by atoms with Crippen molar-refractivity contribution in [2.75, 3.05) is 26.7 Å². The summed E-state index contributed by atoms with van der Waals surface area (Å²) in [6.45, 7) is 1.24. The maximum atomic E-state index is 13.0. The number of carbonyl (C=O) groups is 1. The van der Waals surface area contributed by atoms with Crippen molar-refractivity contribution in [3.8, 4) is 5.75 Å². The maximum absolute atomic E-state index is 13.0. The van der Waals surface area contributed by atoms with Gasteiger partial charge < -0.3 is 10.1 Å². The third-order valence-corrected chi connectivity index (χ3v) is 8.57. The van der Waals surface area contributed by atoms with E-state index in [4.69, 9.17) is 4.74 Å². The fourth-order valence-corrected chi connectivity index (χ4v) is 6.11. The van der Waals surface area contributed by atoms with Gasteiger partial charge in [0, 0.05) is 31.5 Å². The van der Waals surface area contributed by atoms with Crippen molar-refractivity contribution in [3.05, 3.63) is 96.1 Å². The molecule has 0 aromatic heterocycles. The Kier molecular flexibility index (Phi) is 8.21. The molecule has 3 aromatic carbocycles. The first-order chi connectivity index (χ1) is 17.0. The topological polar surface area (TPSA) is 75.7 Å². The van der Waals surface area contributed by atoms with E-state index in [1.54, 1.807) is 31.4 Å². The van der Waals surface area contributed by atoms with Crippen molar-refractivity contribution in [1.82, 2.24) is 9.62 Å². The van der Waals surface area contributed by atoms with Gasteiger partial charge in [-0.25, -0.2) is 8.42 Å². The quantitative estimate of drug-likeness (QED) is 0.479. The number of nitrogens with one attached hydrogen (secondary N) is 1. The Morgan fingerprint density at radius 2 is 1.46 bits per heavy atom. The normalized spacial score (nSPS) is 15.1. The summed E-state index contributed by atoms with van der Waals surface area (Å²) in [5, 5.41) is 3.10. The number of nitrogens with zero attached hydrogens (tertiary/aromatic N) is 1. The third-order valence-electron chi connectivity index (χ3n) is 6.66. The highest BCUT2D eigenvalue weighted by molar-refractivity contribution is 7.89. The molecule has 35 heavy (non-hydrogen) atoms. The summed E-state index contributed by atoms with van der Waals surface area (Å²) >= 11 is 0. The number of rotatable bonds is 9. The molecule has 0 radical (unpaired) electrons. The molecule has 1 amide bonds. The molecule has 0 bridgehead atoms. The zero-order valence-corrected chi connectivity index (χ0v) is 20.8. The number of carbonyl (C=O) groups excluding carboxylic acids is 1. The van der Waals surface area contributed by atoms with Gasteiger partial charge in [0.05, 0.1) is 12.0 Å². The molecule has 0 atom stereocenters. The fourth-order valence-electron chi connectivity index (χ4n) is 4.64. The van der Waals surface area contributed by atoms with Crippen LogP contribution in [0, 0.1) is 5.92 Å². The number of amides is 1. The first-order valence-electron chi connectivity index (χ1n) is 12.0. The van der Waals surface area contributed by atoms with Gasteiger partial charge in [-0.05, 0) is 54.7 Å². The van der Waals surface area contributed by atoms with Crippen LogP contribution in [-0.2, 0) is 14.8 Å². The van der Waals surface area contributed by atoms with Crippen LogP contribution >= 0.6 is 0 Å². The van der Waals surface area contributed by atoms with Crippen molar-refractivity contribution in [2.45, 2.75) is 30.1 Å². The van der Waals surface area contributed by atoms with Crippen molar-refractivity contribution < 1.29 is 17.9 Å². The number of benzene rings is 3. The van der Waals surface area contributed by atoms with Gasteiger partial charge in [0.2, 0.25) is 15.9 Å². The number of sulfonamides is 1. The first kappa shape index (κ1) is 24.9. The molecule has 1 heterocycles. The monoisotopic (exact) mass is 492 g/mol. The van der Waals surface area contributed by atoms with Crippen LogP contribution in [0.5, 0.6) is 5.75 Å². The summed E-state index contributed by atoms with van der Waals surface area (Å²) in [5.74, 6) is 0.644. The van der Waals surface area contributed by atoms with E-state index in [-0.39, 0.29) is 22.6 Å². The number of methoxy groups -OCH3 is 1. The lowest BCUT2D eigenvalue weighted by Gasteiger charge is -2.30. The molecule has 1 aliphatic rings. The zero-order chi connectivity index (χ0) is 24.7. The van der Waals surface area contributed by atoms with Gasteiger partial charge in [0.15, 0.2) is 0 Å². The smallest absolute Gasteiger partial charge is 0.243 e. The second kappa shape index (κ2) is 11.5. The van der Waals surface area contributed by atoms with Gasteiger partial charge in [0.25, 0.3) is 0 Å². The molecular weight excluding hydrogens is 460 g/mol. The van der Waals surface area contributed by atoms with Crippen LogP contribution in [0.2, 0.25) is 0 Å². The Hall–Kier alpha value is -3.16. The molecule has 0 aliphatic carbocycles. The average Bonchev–Trinajstić information content (AvgIpc) is 2.92. The predicted octanol–water partition coefficient (Wildman–Crippen LogP) is 4.43. The number of ether oxygens (including phenoxy) is 1. The van der Waals surface area contributed by atoms with Gasteiger partial charge in [0.1, 0.15) is 5.75 Å². The van der Waals surface area contributed by atoms with Crippen molar-refractivity contribution in [2.24, 2.45) is 5.92 Å². The molecule has 1 aliphatic heterocycles. The van der Waals surface area contributed by atoms with Gasteiger partial charge in [-0.1, -0.05) is 60.7 Å². The molecular formula is C28H32N2O4S. The summed E-state index contributed by atoms with van der Waals surface area (Å²) < 4.78 is 32.5. The Bertz CT molecular complexity index is 1150. The van der Waals surface area contributed by atoms with E-state index in [0.717, 1.165) is 6.42 Å². The van der Waals surface area contributed by atoms with E-state index in [9.17, 15) is 13.2 Å². The highest BCUT2D eigenvalue weighted by Gasteiger charge is 2.32.